The van der Waals surface area contributed by atoms with Gasteiger partial charge in [-0.15, -0.1) is 0 Å². The van der Waals surface area contributed by atoms with Crippen LogP contribution in [-0.4, -0.2) is 61.1 Å². The normalized spacial score (nSPS) is 13.4. The lowest BCUT2D eigenvalue weighted by Crippen LogP contribution is -2.33. The average molecular weight is 565 g/mol. The molecule has 0 radical (unpaired) electrons. The van der Waals surface area contributed by atoms with Crippen molar-refractivity contribution in [2.24, 2.45) is 0 Å². The number of amides is 2. The van der Waals surface area contributed by atoms with Crippen molar-refractivity contribution in [3.8, 4) is 16.9 Å². The van der Waals surface area contributed by atoms with Gasteiger partial charge in [0.05, 0.1) is 17.6 Å². The number of rotatable bonds is 6. The Bertz CT molecular complexity index is 1750. The highest BCUT2D eigenvalue weighted by molar-refractivity contribution is 7.90. The fourth-order valence-corrected chi connectivity index (χ4v) is 5.65. The molecular weight excluding hydrogens is 535 g/mol. The maximum Gasteiger partial charge on any atom is 0.287 e. The SMILES string of the molecule is CCNC(=O)c1nc2ccc(-c3ccc4c(c3)CN(C(=O)c3ccc(S(C)(=O)=O)c(F)c3CC)CCO4)cc2[nH]1. The van der Waals surface area contributed by atoms with Crippen LogP contribution < -0.4 is 10.1 Å². The third-order valence-electron chi connectivity index (χ3n) is 6.89. The molecule has 1 aromatic heterocycles. The van der Waals surface area contributed by atoms with Gasteiger partial charge in [0.15, 0.2) is 15.7 Å². The number of sulfone groups is 1. The number of nitrogens with zero attached hydrogens (tertiary/aromatic N) is 2. The second kappa shape index (κ2) is 10.7. The molecule has 2 amide bonds. The van der Waals surface area contributed by atoms with E-state index in [1.54, 1.807) is 11.8 Å². The van der Waals surface area contributed by atoms with Crippen LogP contribution in [0.25, 0.3) is 22.2 Å². The summed E-state index contributed by atoms with van der Waals surface area (Å²) in [5.74, 6) is -0.659. The maximum absolute atomic E-state index is 15.1. The van der Waals surface area contributed by atoms with Crippen molar-refractivity contribution in [2.75, 3.05) is 26.0 Å². The molecule has 0 bridgehead atoms. The number of nitrogens with one attached hydrogen (secondary N) is 2. The van der Waals surface area contributed by atoms with Gasteiger partial charge in [0.25, 0.3) is 11.8 Å². The van der Waals surface area contributed by atoms with Gasteiger partial charge in [0.2, 0.25) is 0 Å². The van der Waals surface area contributed by atoms with Crippen molar-refractivity contribution in [1.82, 2.24) is 20.2 Å². The van der Waals surface area contributed by atoms with Crippen LogP contribution in [0.3, 0.4) is 0 Å². The van der Waals surface area contributed by atoms with Crippen molar-refractivity contribution < 1.29 is 27.1 Å². The van der Waals surface area contributed by atoms with E-state index < -0.39 is 26.5 Å². The summed E-state index contributed by atoms with van der Waals surface area (Å²) in [6, 6.07) is 13.9. The molecule has 1 aliphatic heterocycles. The Morgan fingerprint density at radius 2 is 1.85 bits per heavy atom. The number of H-pyrrole nitrogens is 1. The van der Waals surface area contributed by atoms with E-state index in [0.717, 1.165) is 29.0 Å². The molecule has 0 unspecified atom stereocenters. The maximum atomic E-state index is 15.1. The molecule has 1 aliphatic rings. The van der Waals surface area contributed by atoms with Gasteiger partial charge in [-0.2, -0.15) is 0 Å². The zero-order valence-electron chi connectivity index (χ0n) is 22.4. The minimum atomic E-state index is -3.78. The topological polar surface area (TPSA) is 121 Å². The second-order valence-electron chi connectivity index (χ2n) is 9.60. The van der Waals surface area contributed by atoms with Gasteiger partial charge in [-0.25, -0.2) is 17.8 Å². The van der Waals surface area contributed by atoms with Gasteiger partial charge in [-0.3, -0.25) is 9.59 Å². The summed E-state index contributed by atoms with van der Waals surface area (Å²) in [4.78, 5) is 34.3. The number of aromatic amines is 1. The highest BCUT2D eigenvalue weighted by atomic mass is 32.2. The number of benzene rings is 3. The summed E-state index contributed by atoms with van der Waals surface area (Å²) < 4.78 is 45.0. The molecule has 9 nitrogen and oxygen atoms in total. The number of fused-ring (bicyclic) bond motifs is 2. The van der Waals surface area contributed by atoms with E-state index >= 15 is 4.39 Å². The molecule has 11 heteroatoms. The number of ether oxygens (including phenoxy) is 1. The molecule has 0 saturated heterocycles. The molecule has 2 heterocycles. The molecule has 3 aromatic carbocycles. The van der Waals surface area contributed by atoms with Crippen molar-refractivity contribution >= 4 is 32.7 Å². The van der Waals surface area contributed by atoms with E-state index in [4.69, 9.17) is 4.74 Å². The summed E-state index contributed by atoms with van der Waals surface area (Å²) >= 11 is 0. The fourth-order valence-electron chi connectivity index (χ4n) is 4.89. The smallest absolute Gasteiger partial charge is 0.287 e. The lowest BCUT2D eigenvalue weighted by molar-refractivity contribution is 0.0731. The Kier molecular flexibility index (Phi) is 7.33. The summed E-state index contributed by atoms with van der Waals surface area (Å²) in [5.41, 5.74) is 4.14. The first-order valence-electron chi connectivity index (χ1n) is 13.0. The Labute approximate surface area is 231 Å². The predicted molar refractivity (Wildman–Crippen MR) is 149 cm³/mol. The van der Waals surface area contributed by atoms with Crippen molar-refractivity contribution in [1.29, 1.82) is 0 Å². The van der Waals surface area contributed by atoms with Crippen LogP contribution in [0.2, 0.25) is 0 Å². The predicted octanol–water partition coefficient (Wildman–Crippen LogP) is 4.12. The molecule has 5 rings (SSSR count). The highest BCUT2D eigenvalue weighted by Crippen LogP contribution is 2.32. The molecule has 0 aliphatic carbocycles. The number of carbonyl (C=O) groups excluding carboxylic acids is 2. The summed E-state index contributed by atoms with van der Waals surface area (Å²) in [7, 11) is -3.78. The second-order valence-corrected chi connectivity index (χ2v) is 11.6. The zero-order chi connectivity index (χ0) is 28.6. The van der Waals surface area contributed by atoms with Gasteiger partial charge in [0, 0.05) is 36.0 Å². The Hall–Kier alpha value is -4.25. The quantitative estimate of drug-likeness (QED) is 0.364. The third kappa shape index (κ3) is 5.16. The van der Waals surface area contributed by atoms with Crippen LogP contribution in [0.15, 0.2) is 53.4 Å². The Morgan fingerprint density at radius 3 is 2.58 bits per heavy atom. The number of aromatic nitrogens is 2. The van der Waals surface area contributed by atoms with E-state index in [1.165, 1.54) is 6.07 Å². The van der Waals surface area contributed by atoms with E-state index in [9.17, 15) is 18.0 Å². The molecule has 208 valence electrons. The van der Waals surface area contributed by atoms with E-state index in [1.807, 2.05) is 43.3 Å². The number of halogens is 1. The van der Waals surface area contributed by atoms with Gasteiger partial charge in [-0.1, -0.05) is 19.1 Å². The van der Waals surface area contributed by atoms with Crippen molar-refractivity contribution in [2.45, 2.75) is 31.7 Å². The Balaban J connectivity index is 1.45. The minimum absolute atomic E-state index is 0.0758. The molecule has 0 saturated carbocycles. The molecule has 0 atom stereocenters. The van der Waals surface area contributed by atoms with Crippen LogP contribution in [0.1, 0.15) is 46.0 Å². The lowest BCUT2D eigenvalue weighted by Gasteiger charge is -2.22. The summed E-state index contributed by atoms with van der Waals surface area (Å²) in [6.45, 7) is 4.79. The van der Waals surface area contributed by atoms with Crippen molar-refractivity contribution in [3.63, 3.8) is 0 Å². The molecular formula is C29H29FN4O5S. The lowest BCUT2D eigenvalue weighted by atomic mass is 10.0. The van der Waals surface area contributed by atoms with Gasteiger partial charge in [-0.05, 0) is 60.9 Å². The Morgan fingerprint density at radius 1 is 1.10 bits per heavy atom. The fraction of sp³-hybridized carbons (Fsp3) is 0.276. The standard InChI is InChI=1S/C29H29FN4O5S/c1-4-20-21(8-11-25(26(20)30)40(3,37)38)29(36)34-12-13-39-24-10-7-17(14-19(24)16-34)18-6-9-22-23(15-18)33-27(32-22)28(35)31-5-2/h6-11,14-15H,4-5,12-13,16H2,1-3H3,(H,31,35)(H,32,33). The molecule has 0 fully saturated rings. The van der Waals surface area contributed by atoms with E-state index in [0.29, 0.717) is 23.3 Å². The molecule has 4 aromatic rings. The number of carbonyl (C=O) groups is 2. The largest absolute Gasteiger partial charge is 0.491 e. The van der Waals surface area contributed by atoms with Crippen LogP contribution in [0.5, 0.6) is 5.75 Å². The first kappa shape index (κ1) is 27.3. The van der Waals surface area contributed by atoms with Gasteiger partial charge < -0.3 is 19.9 Å². The summed E-state index contributed by atoms with van der Waals surface area (Å²) in [6.07, 6.45) is 1.11. The zero-order valence-corrected chi connectivity index (χ0v) is 23.2. The first-order valence-corrected chi connectivity index (χ1v) is 14.8. The van der Waals surface area contributed by atoms with Crippen molar-refractivity contribution in [3.05, 3.63) is 76.9 Å². The van der Waals surface area contributed by atoms with Crippen LogP contribution in [-0.2, 0) is 22.8 Å². The van der Waals surface area contributed by atoms with Gasteiger partial charge >= 0.3 is 0 Å². The molecule has 0 spiro atoms. The van der Waals surface area contributed by atoms with Crippen LogP contribution >= 0.6 is 0 Å². The minimum Gasteiger partial charge on any atom is -0.491 e. The number of hydrogen-bond donors (Lipinski definition) is 2. The van der Waals surface area contributed by atoms with Gasteiger partial charge in [0.1, 0.15) is 23.1 Å². The van der Waals surface area contributed by atoms with E-state index in [-0.39, 0.29) is 49.0 Å². The summed E-state index contributed by atoms with van der Waals surface area (Å²) in [5, 5.41) is 2.73. The number of hydrogen-bond acceptors (Lipinski definition) is 6. The molecule has 40 heavy (non-hydrogen) atoms. The highest BCUT2D eigenvalue weighted by Gasteiger charge is 2.27. The first-order chi connectivity index (χ1) is 19.1. The van der Waals surface area contributed by atoms with Crippen LogP contribution in [0.4, 0.5) is 4.39 Å². The monoisotopic (exact) mass is 564 g/mol. The number of imidazole rings is 1. The third-order valence-corrected chi connectivity index (χ3v) is 8.00. The van der Waals surface area contributed by atoms with Crippen LogP contribution in [0, 0.1) is 5.82 Å². The average Bonchev–Trinajstić information content (AvgIpc) is 3.24. The van der Waals surface area contributed by atoms with E-state index in [2.05, 4.69) is 15.3 Å². The molecule has 2 N–H and O–H groups in total.